The molecule has 0 aliphatic carbocycles. The molecular weight excluding hydrogens is 202 g/mol. The van der Waals surface area contributed by atoms with Crippen LogP contribution in [0, 0.1) is 0 Å². The topological polar surface area (TPSA) is 49.3 Å². The molecule has 0 radical (unpaired) electrons. The number of benzene rings is 1. The Kier molecular flexibility index (Phi) is 4.11. The lowest BCUT2D eigenvalue weighted by atomic mass is 10.1. The van der Waals surface area contributed by atoms with Crippen molar-refractivity contribution < 1.29 is 9.90 Å². The number of carbonyl (C=O) groups is 1. The van der Waals surface area contributed by atoms with E-state index in [1.54, 1.807) is 19.1 Å². The van der Waals surface area contributed by atoms with Crippen molar-refractivity contribution in [1.29, 1.82) is 0 Å². The van der Waals surface area contributed by atoms with Gasteiger partial charge in [0.15, 0.2) is 0 Å². The number of hydrogen-bond donors (Lipinski definition) is 2. The fraction of sp³-hybridized carbons (Fsp3) is 0.308. The van der Waals surface area contributed by atoms with Gasteiger partial charge in [0.25, 0.3) is 5.91 Å². The van der Waals surface area contributed by atoms with E-state index in [0.29, 0.717) is 11.3 Å². The van der Waals surface area contributed by atoms with Crippen LogP contribution in [0.4, 0.5) is 5.69 Å². The highest BCUT2D eigenvalue weighted by molar-refractivity contribution is 6.04. The quantitative estimate of drug-likeness (QED) is 0.604. The molecular formula is C13H17NO2. The number of hydrogen-bond acceptors (Lipinski definition) is 2. The summed E-state index contributed by atoms with van der Waals surface area (Å²) in [6.45, 7) is 7.25. The van der Waals surface area contributed by atoms with E-state index in [1.165, 1.54) is 0 Å². The van der Waals surface area contributed by atoms with Gasteiger partial charge < -0.3 is 10.4 Å². The van der Waals surface area contributed by atoms with Crippen LogP contribution in [0.3, 0.4) is 0 Å². The zero-order valence-electron chi connectivity index (χ0n) is 9.71. The number of nitrogens with one attached hydrogen (secondary N) is 1. The second kappa shape index (κ2) is 5.35. The number of carbonyl (C=O) groups excluding carboxylic acids is 1. The van der Waals surface area contributed by atoms with E-state index in [-0.39, 0.29) is 11.7 Å². The lowest BCUT2D eigenvalue weighted by molar-refractivity contribution is -0.112. The predicted molar refractivity (Wildman–Crippen MR) is 65.5 cm³/mol. The van der Waals surface area contributed by atoms with Crippen molar-refractivity contribution in [3.63, 3.8) is 0 Å². The number of rotatable bonds is 4. The average Bonchev–Trinajstić information content (AvgIpc) is 2.23. The standard InChI is InChI=1S/C13H17NO2/c1-4-6-10-7-5-8-11(15)12(10)14-13(16)9(2)3/h5,7-8,15H,2,4,6H2,1,3H3,(H,14,16). The van der Waals surface area contributed by atoms with Gasteiger partial charge in [-0.15, -0.1) is 0 Å². The maximum atomic E-state index is 11.5. The summed E-state index contributed by atoms with van der Waals surface area (Å²) in [5.74, 6) is -0.167. The third-order valence-corrected chi connectivity index (χ3v) is 2.27. The number of amides is 1. The van der Waals surface area contributed by atoms with Gasteiger partial charge in [0.2, 0.25) is 0 Å². The van der Waals surface area contributed by atoms with E-state index in [2.05, 4.69) is 18.8 Å². The Hall–Kier alpha value is -1.77. The Morgan fingerprint density at radius 2 is 2.19 bits per heavy atom. The van der Waals surface area contributed by atoms with Crippen molar-refractivity contribution in [2.45, 2.75) is 26.7 Å². The summed E-state index contributed by atoms with van der Waals surface area (Å²) in [5.41, 5.74) is 1.86. The predicted octanol–water partition coefficient (Wildman–Crippen LogP) is 2.86. The van der Waals surface area contributed by atoms with Gasteiger partial charge in [-0.2, -0.15) is 0 Å². The van der Waals surface area contributed by atoms with Crippen molar-refractivity contribution in [2.75, 3.05) is 5.32 Å². The highest BCUT2D eigenvalue weighted by Crippen LogP contribution is 2.28. The average molecular weight is 219 g/mol. The first-order valence-electron chi connectivity index (χ1n) is 5.34. The Morgan fingerprint density at radius 1 is 1.50 bits per heavy atom. The van der Waals surface area contributed by atoms with Crippen LogP contribution in [0.15, 0.2) is 30.4 Å². The van der Waals surface area contributed by atoms with Gasteiger partial charge in [-0.3, -0.25) is 4.79 Å². The summed E-state index contributed by atoms with van der Waals surface area (Å²) < 4.78 is 0. The summed E-state index contributed by atoms with van der Waals surface area (Å²) in [4.78, 5) is 11.5. The van der Waals surface area contributed by atoms with E-state index >= 15 is 0 Å². The molecule has 0 unspecified atom stereocenters. The van der Waals surface area contributed by atoms with Crippen LogP contribution in [0.5, 0.6) is 5.75 Å². The van der Waals surface area contributed by atoms with Gasteiger partial charge >= 0.3 is 0 Å². The molecule has 0 fully saturated rings. The molecule has 0 aromatic heterocycles. The summed E-state index contributed by atoms with van der Waals surface area (Å²) in [5, 5.41) is 12.4. The molecule has 0 bridgehead atoms. The third-order valence-electron chi connectivity index (χ3n) is 2.27. The van der Waals surface area contributed by atoms with Crippen molar-refractivity contribution in [2.24, 2.45) is 0 Å². The maximum absolute atomic E-state index is 11.5. The third kappa shape index (κ3) is 2.86. The normalized spacial score (nSPS) is 9.88. The van der Waals surface area contributed by atoms with E-state index in [4.69, 9.17) is 0 Å². The number of phenols is 1. The Bertz CT molecular complexity index is 410. The van der Waals surface area contributed by atoms with E-state index in [0.717, 1.165) is 18.4 Å². The van der Waals surface area contributed by atoms with Gasteiger partial charge in [-0.05, 0) is 25.0 Å². The fourth-order valence-corrected chi connectivity index (χ4v) is 1.43. The number of anilines is 1. The Morgan fingerprint density at radius 3 is 2.75 bits per heavy atom. The molecule has 2 N–H and O–H groups in total. The van der Waals surface area contributed by atoms with Gasteiger partial charge in [0.05, 0.1) is 5.69 Å². The van der Waals surface area contributed by atoms with Gasteiger partial charge in [-0.25, -0.2) is 0 Å². The second-order valence-electron chi connectivity index (χ2n) is 3.80. The van der Waals surface area contributed by atoms with E-state index in [9.17, 15) is 9.90 Å². The first-order valence-corrected chi connectivity index (χ1v) is 5.34. The van der Waals surface area contributed by atoms with E-state index < -0.39 is 0 Å². The Balaban J connectivity index is 3.00. The van der Waals surface area contributed by atoms with Crippen molar-refractivity contribution in [3.05, 3.63) is 35.9 Å². The van der Waals surface area contributed by atoms with E-state index in [1.807, 2.05) is 6.07 Å². The second-order valence-corrected chi connectivity index (χ2v) is 3.80. The summed E-state index contributed by atoms with van der Waals surface area (Å²) in [6.07, 6.45) is 1.78. The van der Waals surface area contributed by atoms with Gasteiger partial charge in [0, 0.05) is 5.57 Å². The molecule has 3 heteroatoms. The molecule has 1 aromatic rings. The summed E-state index contributed by atoms with van der Waals surface area (Å²) in [7, 11) is 0. The minimum atomic E-state index is -0.265. The zero-order valence-corrected chi connectivity index (χ0v) is 9.71. The van der Waals surface area contributed by atoms with Crippen LogP contribution in [0.25, 0.3) is 0 Å². The minimum Gasteiger partial charge on any atom is -0.506 e. The fourth-order valence-electron chi connectivity index (χ4n) is 1.43. The SMILES string of the molecule is C=C(C)C(=O)Nc1c(O)cccc1CCC. The molecule has 0 atom stereocenters. The number of aromatic hydroxyl groups is 1. The monoisotopic (exact) mass is 219 g/mol. The Labute approximate surface area is 95.8 Å². The highest BCUT2D eigenvalue weighted by Gasteiger charge is 2.10. The molecule has 0 heterocycles. The maximum Gasteiger partial charge on any atom is 0.250 e. The number of aryl methyl sites for hydroxylation is 1. The van der Waals surface area contributed by atoms with Crippen molar-refractivity contribution in [3.8, 4) is 5.75 Å². The molecule has 1 rings (SSSR count). The van der Waals surface area contributed by atoms with Crippen molar-refractivity contribution in [1.82, 2.24) is 0 Å². The van der Waals surface area contributed by atoms with Crippen LogP contribution in [-0.4, -0.2) is 11.0 Å². The molecule has 86 valence electrons. The van der Waals surface area contributed by atoms with Crippen LogP contribution in [-0.2, 0) is 11.2 Å². The molecule has 16 heavy (non-hydrogen) atoms. The van der Waals surface area contributed by atoms with Crippen LogP contribution >= 0.6 is 0 Å². The molecule has 0 spiro atoms. The van der Waals surface area contributed by atoms with Crippen molar-refractivity contribution >= 4 is 11.6 Å². The summed E-state index contributed by atoms with van der Waals surface area (Å²) >= 11 is 0. The minimum absolute atomic E-state index is 0.0977. The molecule has 0 aliphatic heterocycles. The molecule has 0 aliphatic rings. The smallest absolute Gasteiger partial charge is 0.250 e. The molecule has 0 saturated carbocycles. The molecule has 3 nitrogen and oxygen atoms in total. The first-order chi connectivity index (χ1) is 7.56. The first kappa shape index (κ1) is 12.3. The molecule has 0 saturated heterocycles. The lowest BCUT2D eigenvalue weighted by Gasteiger charge is -2.12. The highest BCUT2D eigenvalue weighted by atomic mass is 16.3. The van der Waals surface area contributed by atoms with Crippen LogP contribution in [0.1, 0.15) is 25.8 Å². The van der Waals surface area contributed by atoms with Crippen LogP contribution in [0.2, 0.25) is 0 Å². The number of para-hydroxylation sites is 1. The number of phenolic OH excluding ortho intramolecular Hbond substituents is 1. The lowest BCUT2D eigenvalue weighted by Crippen LogP contribution is -2.13. The van der Waals surface area contributed by atoms with Gasteiger partial charge in [0.1, 0.15) is 5.75 Å². The zero-order chi connectivity index (χ0) is 12.1. The largest absolute Gasteiger partial charge is 0.506 e. The molecule has 1 amide bonds. The molecule has 1 aromatic carbocycles. The van der Waals surface area contributed by atoms with Gasteiger partial charge in [-0.1, -0.05) is 32.1 Å². The van der Waals surface area contributed by atoms with Crippen LogP contribution < -0.4 is 5.32 Å². The summed E-state index contributed by atoms with van der Waals surface area (Å²) in [6, 6.07) is 5.24.